The second kappa shape index (κ2) is 5.95. The van der Waals surface area contributed by atoms with E-state index in [1.54, 1.807) is 6.07 Å². The highest BCUT2D eigenvalue weighted by molar-refractivity contribution is 9.10. The fourth-order valence-electron chi connectivity index (χ4n) is 2.94. The number of hydrogen-bond acceptors (Lipinski definition) is 2. The molecule has 3 nitrogen and oxygen atoms in total. The predicted molar refractivity (Wildman–Crippen MR) is 85.5 cm³/mol. The van der Waals surface area contributed by atoms with E-state index in [2.05, 4.69) is 29.8 Å². The zero-order valence-electron chi connectivity index (χ0n) is 12.6. The van der Waals surface area contributed by atoms with Crippen LogP contribution in [0.15, 0.2) is 16.6 Å². The van der Waals surface area contributed by atoms with Crippen LogP contribution in [0.4, 0.5) is 10.1 Å². The molecule has 0 unspecified atom stereocenters. The summed E-state index contributed by atoms with van der Waals surface area (Å²) in [6.45, 7) is 4.53. The Hall–Kier alpha value is -1.10. The van der Waals surface area contributed by atoms with Gasteiger partial charge in [-0.15, -0.1) is 0 Å². The van der Waals surface area contributed by atoms with Gasteiger partial charge in [-0.05, 0) is 59.2 Å². The molecule has 21 heavy (non-hydrogen) atoms. The molecule has 1 aromatic carbocycles. The first-order chi connectivity index (χ1) is 9.73. The summed E-state index contributed by atoms with van der Waals surface area (Å²) in [5.74, 6) is -1.63. The lowest BCUT2D eigenvalue weighted by Gasteiger charge is -2.39. The molecule has 2 rings (SSSR count). The third-order valence-corrected chi connectivity index (χ3v) is 5.30. The highest BCUT2D eigenvalue weighted by atomic mass is 79.9. The molecule has 0 amide bonds. The predicted octanol–water partition coefficient (Wildman–Crippen LogP) is 4.69. The van der Waals surface area contributed by atoms with Crippen molar-refractivity contribution in [3.8, 4) is 0 Å². The van der Waals surface area contributed by atoms with Gasteiger partial charge in [-0.3, -0.25) is 0 Å². The zero-order chi connectivity index (χ0) is 15.8. The van der Waals surface area contributed by atoms with Crippen molar-refractivity contribution in [2.45, 2.75) is 45.6 Å². The van der Waals surface area contributed by atoms with Gasteiger partial charge in [-0.1, -0.05) is 13.8 Å². The van der Waals surface area contributed by atoms with Crippen LogP contribution in [-0.2, 0) is 0 Å². The van der Waals surface area contributed by atoms with Gasteiger partial charge in [-0.2, -0.15) is 0 Å². The third-order valence-electron chi connectivity index (χ3n) is 4.53. The van der Waals surface area contributed by atoms with Crippen LogP contribution in [0.1, 0.15) is 49.9 Å². The van der Waals surface area contributed by atoms with Gasteiger partial charge in [0.15, 0.2) is 5.82 Å². The van der Waals surface area contributed by atoms with Crippen LogP contribution >= 0.6 is 15.9 Å². The number of carboxylic acid groups (broad SMARTS) is 1. The molecule has 1 N–H and O–H groups in total. The molecule has 0 spiro atoms. The highest BCUT2D eigenvalue weighted by Crippen LogP contribution is 2.39. The monoisotopic (exact) mass is 357 g/mol. The van der Waals surface area contributed by atoms with Crippen LogP contribution < -0.4 is 4.90 Å². The molecule has 0 heterocycles. The average molecular weight is 358 g/mol. The van der Waals surface area contributed by atoms with Crippen LogP contribution in [-0.4, -0.2) is 24.2 Å². The number of halogens is 2. The van der Waals surface area contributed by atoms with Crippen LogP contribution in [0.3, 0.4) is 0 Å². The fraction of sp³-hybridized carbons (Fsp3) is 0.562. The van der Waals surface area contributed by atoms with E-state index >= 15 is 0 Å². The van der Waals surface area contributed by atoms with Crippen molar-refractivity contribution in [1.82, 2.24) is 0 Å². The van der Waals surface area contributed by atoms with E-state index in [1.165, 1.54) is 6.07 Å². The van der Waals surface area contributed by atoms with Gasteiger partial charge in [0, 0.05) is 13.1 Å². The Balaban J connectivity index is 2.22. The molecule has 0 aliphatic heterocycles. The summed E-state index contributed by atoms with van der Waals surface area (Å²) in [5.41, 5.74) is 0.773. The van der Waals surface area contributed by atoms with Crippen LogP contribution in [0.2, 0.25) is 0 Å². The Morgan fingerprint density at radius 1 is 1.38 bits per heavy atom. The molecule has 1 aliphatic carbocycles. The summed E-state index contributed by atoms with van der Waals surface area (Å²) < 4.78 is 14.5. The number of nitrogens with zero attached hydrogens (tertiary/aromatic N) is 1. The van der Waals surface area contributed by atoms with Gasteiger partial charge in [0.05, 0.1) is 15.7 Å². The molecule has 0 atom stereocenters. The molecule has 5 heteroatoms. The van der Waals surface area contributed by atoms with E-state index < -0.39 is 11.8 Å². The van der Waals surface area contributed by atoms with Gasteiger partial charge in [0.25, 0.3) is 0 Å². The number of benzene rings is 1. The number of carbonyl (C=O) groups is 1. The lowest BCUT2D eigenvalue weighted by atomic mass is 9.75. The molecule has 0 radical (unpaired) electrons. The average Bonchev–Trinajstić information content (AvgIpc) is 2.40. The Morgan fingerprint density at radius 2 is 1.95 bits per heavy atom. The number of anilines is 1. The first kappa shape index (κ1) is 16.3. The number of rotatable bonds is 3. The lowest BCUT2D eigenvalue weighted by Crippen LogP contribution is -2.37. The van der Waals surface area contributed by atoms with Crippen LogP contribution in [0.5, 0.6) is 0 Å². The zero-order valence-corrected chi connectivity index (χ0v) is 14.2. The first-order valence-corrected chi connectivity index (χ1v) is 7.96. The first-order valence-electron chi connectivity index (χ1n) is 7.17. The van der Waals surface area contributed by atoms with Gasteiger partial charge >= 0.3 is 5.97 Å². The minimum Gasteiger partial charge on any atom is -0.478 e. The van der Waals surface area contributed by atoms with Gasteiger partial charge in [-0.25, -0.2) is 9.18 Å². The Kier molecular flexibility index (Phi) is 4.61. The highest BCUT2D eigenvalue weighted by Gasteiger charge is 2.30. The van der Waals surface area contributed by atoms with Gasteiger partial charge in [0.1, 0.15) is 0 Å². The summed E-state index contributed by atoms with van der Waals surface area (Å²) >= 11 is 3.06. The van der Waals surface area contributed by atoms with Crippen LogP contribution in [0, 0.1) is 11.2 Å². The van der Waals surface area contributed by atoms with Crippen molar-refractivity contribution in [2.24, 2.45) is 5.41 Å². The summed E-state index contributed by atoms with van der Waals surface area (Å²) in [6, 6.07) is 3.31. The maximum Gasteiger partial charge on any atom is 0.336 e. The molecule has 116 valence electrons. The van der Waals surface area contributed by atoms with E-state index in [1.807, 2.05) is 11.9 Å². The third kappa shape index (κ3) is 3.39. The lowest BCUT2D eigenvalue weighted by molar-refractivity contribution is 0.0695. The quantitative estimate of drug-likeness (QED) is 0.852. The SMILES string of the molecule is CN(c1ccc(C(=O)O)c(Br)c1F)C1CCC(C)(C)CC1. The van der Waals surface area contributed by atoms with Gasteiger partial charge < -0.3 is 10.0 Å². The molecule has 1 saturated carbocycles. The number of aromatic carboxylic acids is 1. The summed E-state index contributed by atoms with van der Waals surface area (Å²) in [5, 5.41) is 9.02. The van der Waals surface area contributed by atoms with E-state index in [0.29, 0.717) is 17.1 Å². The smallest absolute Gasteiger partial charge is 0.336 e. The van der Waals surface area contributed by atoms with Crippen molar-refractivity contribution in [3.63, 3.8) is 0 Å². The number of hydrogen-bond donors (Lipinski definition) is 1. The minimum absolute atomic E-state index is 0.0236. The topological polar surface area (TPSA) is 40.5 Å². The minimum atomic E-state index is -1.13. The van der Waals surface area contributed by atoms with E-state index in [-0.39, 0.29) is 10.0 Å². The van der Waals surface area contributed by atoms with Crippen LogP contribution in [0.25, 0.3) is 0 Å². The molecular formula is C16H21BrFNO2. The summed E-state index contributed by atoms with van der Waals surface area (Å²) in [6.07, 6.45) is 4.30. The number of carboxylic acids is 1. The van der Waals surface area contributed by atoms with Crippen molar-refractivity contribution >= 4 is 27.6 Å². The standard InChI is InChI=1S/C16H21BrFNO2/c1-16(2)8-6-10(7-9-16)19(3)12-5-4-11(15(20)21)13(17)14(12)18/h4-5,10H,6-9H2,1-3H3,(H,20,21). The molecule has 0 aromatic heterocycles. The van der Waals surface area contributed by atoms with Crippen molar-refractivity contribution in [1.29, 1.82) is 0 Å². The second-order valence-corrected chi connectivity index (χ2v) is 7.36. The fourth-order valence-corrected chi connectivity index (χ4v) is 3.45. The van der Waals surface area contributed by atoms with E-state index in [4.69, 9.17) is 5.11 Å². The van der Waals surface area contributed by atoms with Crippen molar-refractivity contribution < 1.29 is 14.3 Å². The molecule has 1 aliphatic rings. The maximum absolute atomic E-state index is 14.4. The van der Waals surface area contributed by atoms with Crippen molar-refractivity contribution in [3.05, 3.63) is 28.0 Å². The molecule has 0 saturated heterocycles. The Bertz CT molecular complexity index is 549. The van der Waals surface area contributed by atoms with Crippen molar-refractivity contribution in [2.75, 3.05) is 11.9 Å². The second-order valence-electron chi connectivity index (χ2n) is 6.57. The molecule has 1 aromatic rings. The Morgan fingerprint density at radius 3 is 2.48 bits per heavy atom. The molecule has 1 fully saturated rings. The van der Waals surface area contributed by atoms with E-state index in [9.17, 15) is 9.18 Å². The maximum atomic E-state index is 14.4. The summed E-state index contributed by atoms with van der Waals surface area (Å²) in [7, 11) is 1.88. The molecule has 0 bridgehead atoms. The molecular weight excluding hydrogens is 337 g/mol. The van der Waals surface area contributed by atoms with E-state index in [0.717, 1.165) is 25.7 Å². The largest absolute Gasteiger partial charge is 0.478 e. The summed E-state index contributed by atoms with van der Waals surface area (Å²) in [4.78, 5) is 13.0. The van der Waals surface area contributed by atoms with Gasteiger partial charge in [0.2, 0.25) is 0 Å². The Labute approximate surface area is 133 Å². The normalized spacial score (nSPS) is 18.5.